The Morgan fingerprint density at radius 2 is 2.20 bits per heavy atom. The molecule has 1 aliphatic rings. The summed E-state index contributed by atoms with van der Waals surface area (Å²) < 4.78 is 10.4. The Morgan fingerprint density at radius 3 is 2.90 bits per heavy atom. The van der Waals surface area contributed by atoms with E-state index in [9.17, 15) is 5.11 Å². The van der Waals surface area contributed by atoms with Gasteiger partial charge in [-0.1, -0.05) is 11.6 Å². The van der Waals surface area contributed by atoms with Gasteiger partial charge in [-0.05, 0) is 12.1 Å². The van der Waals surface area contributed by atoms with Crippen molar-refractivity contribution in [2.45, 2.75) is 6.10 Å². The molecule has 1 atom stereocenters. The van der Waals surface area contributed by atoms with Crippen LogP contribution in [0.4, 0.5) is 5.69 Å². The minimum Gasteiger partial charge on any atom is -0.497 e. The maximum absolute atomic E-state index is 10.1. The number of hydrogen-bond donors (Lipinski definition) is 2. The molecule has 1 saturated heterocycles. The summed E-state index contributed by atoms with van der Waals surface area (Å²) in [6.07, 6.45) is -0.449. The number of nitrogens with one attached hydrogen (secondary N) is 1. The van der Waals surface area contributed by atoms with E-state index in [1.165, 1.54) is 0 Å². The van der Waals surface area contributed by atoms with Gasteiger partial charge in [0.15, 0.2) is 0 Å². The summed E-state index contributed by atoms with van der Waals surface area (Å²) in [5, 5.41) is 13.8. The van der Waals surface area contributed by atoms with Gasteiger partial charge < -0.3 is 19.9 Å². The van der Waals surface area contributed by atoms with Gasteiger partial charge in [-0.3, -0.25) is 4.90 Å². The molecule has 1 aromatic carbocycles. The fourth-order valence-corrected chi connectivity index (χ4v) is 2.33. The third kappa shape index (κ3) is 4.52. The molecule has 112 valence electrons. The maximum atomic E-state index is 10.1. The van der Waals surface area contributed by atoms with Crippen LogP contribution < -0.4 is 10.1 Å². The third-order valence-electron chi connectivity index (χ3n) is 3.27. The first-order valence-electron chi connectivity index (χ1n) is 6.74. The number of aliphatic hydroxyl groups excluding tert-OH is 1. The summed E-state index contributed by atoms with van der Waals surface area (Å²) in [5.74, 6) is 0.736. The number of morpholine rings is 1. The number of benzene rings is 1. The number of ether oxygens (including phenoxy) is 2. The van der Waals surface area contributed by atoms with E-state index in [1.807, 2.05) is 6.07 Å². The van der Waals surface area contributed by atoms with Gasteiger partial charge in [0.25, 0.3) is 0 Å². The van der Waals surface area contributed by atoms with Crippen molar-refractivity contribution in [2.75, 3.05) is 51.8 Å². The predicted octanol–water partition coefficient (Wildman–Crippen LogP) is 1.45. The lowest BCUT2D eigenvalue weighted by atomic mass is 10.2. The van der Waals surface area contributed by atoms with Crippen molar-refractivity contribution in [1.29, 1.82) is 0 Å². The SMILES string of the molecule is COc1ccc(Cl)c(NCC(O)CN2CCOCC2)c1. The molecule has 0 saturated carbocycles. The number of anilines is 1. The van der Waals surface area contributed by atoms with Crippen LogP contribution in [-0.4, -0.2) is 62.6 Å². The first-order chi connectivity index (χ1) is 9.69. The van der Waals surface area contributed by atoms with Crippen LogP contribution in [0.15, 0.2) is 18.2 Å². The highest BCUT2D eigenvalue weighted by molar-refractivity contribution is 6.33. The summed E-state index contributed by atoms with van der Waals surface area (Å²) in [4.78, 5) is 2.20. The van der Waals surface area contributed by atoms with Crippen LogP contribution in [0.5, 0.6) is 5.75 Å². The molecule has 6 heteroatoms. The standard InChI is InChI=1S/C14H21ClN2O3/c1-19-12-2-3-13(15)14(8-12)16-9-11(18)10-17-4-6-20-7-5-17/h2-3,8,11,16,18H,4-7,9-10H2,1H3. The van der Waals surface area contributed by atoms with Crippen LogP contribution in [-0.2, 0) is 4.74 Å². The molecule has 0 amide bonds. The summed E-state index contributed by atoms with van der Waals surface area (Å²) in [7, 11) is 1.61. The molecule has 2 rings (SSSR count). The van der Waals surface area contributed by atoms with E-state index in [-0.39, 0.29) is 0 Å². The smallest absolute Gasteiger partial charge is 0.121 e. The van der Waals surface area contributed by atoms with Gasteiger partial charge in [-0.25, -0.2) is 0 Å². The van der Waals surface area contributed by atoms with Crippen LogP contribution in [0, 0.1) is 0 Å². The number of hydrogen-bond acceptors (Lipinski definition) is 5. The zero-order chi connectivity index (χ0) is 14.4. The Bertz CT molecular complexity index is 425. The second-order valence-electron chi connectivity index (χ2n) is 4.79. The van der Waals surface area contributed by atoms with Gasteiger partial charge in [0.1, 0.15) is 5.75 Å². The average molecular weight is 301 g/mol. The Labute approximate surface area is 124 Å². The molecule has 1 aromatic rings. The van der Waals surface area contributed by atoms with Gasteiger partial charge in [0.2, 0.25) is 0 Å². The minimum atomic E-state index is -0.449. The summed E-state index contributed by atoms with van der Waals surface area (Å²) >= 11 is 6.10. The Balaban J connectivity index is 1.81. The molecular weight excluding hydrogens is 280 g/mol. The van der Waals surface area contributed by atoms with Crippen LogP contribution in [0.3, 0.4) is 0 Å². The molecule has 0 aliphatic carbocycles. The quantitative estimate of drug-likeness (QED) is 0.833. The van der Waals surface area contributed by atoms with Crippen molar-refractivity contribution in [2.24, 2.45) is 0 Å². The fraction of sp³-hybridized carbons (Fsp3) is 0.571. The van der Waals surface area contributed by atoms with E-state index in [0.29, 0.717) is 18.1 Å². The lowest BCUT2D eigenvalue weighted by molar-refractivity contribution is 0.0171. The van der Waals surface area contributed by atoms with E-state index in [0.717, 1.165) is 37.7 Å². The van der Waals surface area contributed by atoms with Gasteiger partial charge in [-0.15, -0.1) is 0 Å². The zero-order valence-corrected chi connectivity index (χ0v) is 12.4. The van der Waals surface area contributed by atoms with E-state index >= 15 is 0 Å². The molecule has 5 nitrogen and oxygen atoms in total. The molecule has 0 aromatic heterocycles. The highest BCUT2D eigenvalue weighted by atomic mass is 35.5. The molecule has 0 radical (unpaired) electrons. The molecule has 1 fully saturated rings. The van der Waals surface area contributed by atoms with Gasteiger partial charge in [0, 0.05) is 32.2 Å². The maximum Gasteiger partial charge on any atom is 0.121 e. The molecule has 1 heterocycles. The number of methoxy groups -OCH3 is 1. The average Bonchev–Trinajstić information content (AvgIpc) is 2.47. The predicted molar refractivity (Wildman–Crippen MR) is 79.8 cm³/mol. The fourth-order valence-electron chi connectivity index (χ4n) is 2.14. The summed E-state index contributed by atoms with van der Waals surface area (Å²) in [6, 6.07) is 5.40. The van der Waals surface area contributed by atoms with Crippen molar-refractivity contribution in [3.63, 3.8) is 0 Å². The Kier molecular flexibility index (Phi) is 5.91. The highest BCUT2D eigenvalue weighted by Crippen LogP contribution is 2.26. The number of nitrogens with zero attached hydrogens (tertiary/aromatic N) is 1. The second-order valence-corrected chi connectivity index (χ2v) is 5.20. The topological polar surface area (TPSA) is 54.0 Å². The monoisotopic (exact) mass is 300 g/mol. The molecule has 2 N–H and O–H groups in total. The number of aliphatic hydroxyl groups is 1. The second kappa shape index (κ2) is 7.69. The number of β-amino-alcohol motifs (C(OH)–C–C–N with tert-alkyl or cyclic N) is 1. The van der Waals surface area contributed by atoms with Crippen molar-refractivity contribution in [3.8, 4) is 5.75 Å². The van der Waals surface area contributed by atoms with Crippen molar-refractivity contribution in [1.82, 2.24) is 4.90 Å². The number of halogens is 1. The Hall–Kier alpha value is -1.01. The van der Waals surface area contributed by atoms with Crippen LogP contribution in [0.25, 0.3) is 0 Å². The normalized spacial score (nSPS) is 17.8. The van der Waals surface area contributed by atoms with Crippen LogP contribution >= 0.6 is 11.6 Å². The van der Waals surface area contributed by atoms with Gasteiger partial charge >= 0.3 is 0 Å². The van der Waals surface area contributed by atoms with Crippen molar-refractivity contribution < 1.29 is 14.6 Å². The lowest BCUT2D eigenvalue weighted by Gasteiger charge is -2.28. The first-order valence-corrected chi connectivity index (χ1v) is 7.12. The lowest BCUT2D eigenvalue weighted by Crippen LogP contribution is -2.42. The number of rotatable bonds is 6. The van der Waals surface area contributed by atoms with E-state index in [4.69, 9.17) is 21.1 Å². The molecule has 0 bridgehead atoms. The van der Waals surface area contributed by atoms with Crippen LogP contribution in [0.1, 0.15) is 0 Å². The van der Waals surface area contributed by atoms with E-state index < -0.39 is 6.10 Å². The molecule has 20 heavy (non-hydrogen) atoms. The summed E-state index contributed by atoms with van der Waals surface area (Å²) in [5.41, 5.74) is 0.770. The van der Waals surface area contributed by atoms with Crippen LogP contribution in [0.2, 0.25) is 5.02 Å². The molecule has 0 spiro atoms. The minimum absolute atomic E-state index is 0.449. The third-order valence-corrected chi connectivity index (χ3v) is 3.60. The van der Waals surface area contributed by atoms with E-state index in [1.54, 1.807) is 19.2 Å². The molecule has 1 aliphatic heterocycles. The highest BCUT2D eigenvalue weighted by Gasteiger charge is 2.15. The zero-order valence-electron chi connectivity index (χ0n) is 11.6. The largest absolute Gasteiger partial charge is 0.497 e. The molecular formula is C14H21ClN2O3. The van der Waals surface area contributed by atoms with E-state index in [2.05, 4.69) is 10.2 Å². The first kappa shape index (κ1) is 15.4. The summed E-state index contributed by atoms with van der Waals surface area (Å²) in [6.45, 7) is 4.31. The molecule has 1 unspecified atom stereocenters. The van der Waals surface area contributed by atoms with Gasteiger partial charge in [-0.2, -0.15) is 0 Å². The van der Waals surface area contributed by atoms with Gasteiger partial charge in [0.05, 0.1) is 37.1 Å². The Morgan fingerprint density at radius 1 is 1.45 bits per heavy atom. The van der Waals surface area contributed by atoms with Crippen molar-refractivity contribution >= 4 is 17.3 Å². The van der Waals surface area contributed by atoms with Crippen molar-refractivity contribution in [3.05, 3.63) is 23.2 Å².